The summed E-state index contributed by atoms with van der Waals surface area (Å²) in [4.78, 5) is 0.200. The van der Waals surface area contributed by atoms with Crippen molar-refractivity contribution in [1.29, 1.82) is 0 Å². The fourth-order valence-electron chi connectivity index (χ4n) is 1.88. The fraction of sp³-hybridized carbons (Fsp3) is 0.0769. The first-order chi connectivity index (χ1) is 8.00. The van der Waals surface area contributed by atoms with Crippen molar-refractivity contribution in [1.82, 2.24) is 0 Å². The van der Waals surface area contributed by atoms with Crippen molar-refractivity contribution in [3.8, 4) is 11.1 Å². The predicted molar refractivity (Wildman–Crippen MR) is 68.0 cm³/mol. The zero-order valence-corrected chi connectivity index (χ0v) is 10.2. The number of nitrogens with two attached hydrogens (primary N) is 1. The van der Waals surface area contributed by atoms with Crippen molar-refractivity contribution < 1.29 is 8.42 Å². The summed E-state index contributed by atoms with van der Waals surface area (Å²) in [5.41, 5.74) is 2.15. The third-order valence-electron chi connectivity index (χ3n) is 2.58. The molecule has 2 aromatic rings. The van der Waals surface area contributed by atoms with E-state index in [1.807, 2.05) is 36.4 Å². The Hall–Kier alpha value is -1.65. The predicted octanol–water partition coefficient (Wildman–Crippen LogP) is 2.31. The van der Waals surface area contributed by atoms with Gasteiger partial charge in [0.2, 0.25) is 10.0 Å². The molecular weight excluding hydrogens is 234 g/mol. The van der Waals surface area contributed by atoms with Crippen molar-refractivity contribution in [2.45, 2.75) is 11.8 Å². The monoisotopic (exact) mass is 247 g/mol. The normalized spacial score (nSPS) is 11.4. The van der Waals surface area contributed by atoms with Gasteiger partial charge in [0.15, 0.2) is 0 Å². The molecule has 0 fully saturated rings. The number of primary sulfonamides is 1. The van der Waals surface area contributed by atoms with Crippen molar-refractivity contribution in [2.24, 2.45) is 5.14 Å². The van der Waals surface area contributed by atoms with Crippen LogP contribution in [-0.4, -0.2) is 8.42 Å². The average Bonchev–Trinajstić information content (AvgIpc) is 2.28. The molecule has 0 saturated carbocycles. The highest BCUT2D eigenvalue weighted by Crippen LogP contribution is 2.28. The maximum Gasteiger partial charge on any atom is 0.238 e. The van der Waals surface area contributed by atoms with Gasteiger partial charge in [-0.3, -0.25) is 0 Å². The number of hydrogen-bond acceptors (Lipinski definition) is 2. The standard InChI is InChI=1S/C13H13NO2S/c1-10-6-5-9-12(13(10)17(14,15)16)11-7-3-2-4-8-11/h2-9H,1H3,(H2,14,15,16). The summed E-state index contributed by atoms with van der Waals surface area (Å²) in [7, 11) is -3.71. The van der Waals surface area contributed by atoms with Crippen molar-refractivity contribution >= 4 is 10.0 Å². The molecule has 17 heavy (non-hydrogen) atoms. The van der Waals surface area contributed by atoms with E-state index < -0.39 is 10.0 Å². The van der Waals surface area contributed by atoms with Gasteiger partial charge < -0.3 is 0 Å². The molecule has 0 amide bonds. The Morgan fingerprint density at radius 2 is 1.59 bits per heavy atom. The van der Waals surface area contributed by atoms with Crippen LogP contribution in [0.4, 0.5) is 0 Å². The SMILES string of the molecule is Cc1cccc(-c2ccccc2)c1S(N)(=O)=O. The zero-order valence-electron chi connectivity index (χ0n) is 9.42. The molecule has 2 aromatic carbocycles. The van der Waals surface area contributed by atoms with Gasteiger partial charge in [0.1, 0.15) is 0 Å². The minimum absolute atomic E-state index is 0.200. The van der Waals surface area contributed by atoms with Crippen LogP contribution < -0.4 is 5.14 Å². The van der Waals surface area contributed by atoms with Crippen molar-refractivity contribution in [3.05, 3.63) is 54.1 Å². The molecule has 4 heteroatoms. The molecule has 0 heterocycles. The minimum Gasteiger partial charge on any atom is -0.225 e. The molecule has 0 spiro atoms. The average molecular weight is 247 g/mol. The van der Waals surface area contributed by atoms with Crippen LogP contribution in [0.5, 0.6) is 0 Å². The summed E-state index contributed by atoms with van der Waals surface area (Å²) in [6.45, 7) is 1.74. The summed E-state index contributed by atoms with van der Waals surface area (Å²) in [6, 6.07) is 14.7. The molecule has 0 unspecified atom stereocenters. The summed E-state index contributed by atoms with van der Waals surface area (Å²) in [6.07, 6.45) is 0. The lowest BCUT2D eigenvalue weighted by molar-refractivity contribution is 0.597. The van der Waals surface area contributed by atoms with Crippen molar-refractivity contribution in [3.63, 3.8) is 0 Å². The van der Waals surface area contributed by atoms with Crippen LogP contribution in [0, 0.1) is 6.92 Å². The van der Waals surface area contributed by atoms with E-state index in [0.29, 0.717) is 11.1 Å². The lowest BCUT2D eigenvalue weighted by atomic mass is 10.0. The van der Waals surface area contributed by atoms with Gasteiger partial charge in [-0.1, -0.05) is 48.5 Å². The lowest BCUT2D eigenvalue weighted by Gasteiger charge is -2.10. The molecule has 0 aliphatic rings. The van der Waals surface area contributed by atoms with Crippen LogP contribution in [0.1, 0.15) is 5.56 Å². The Labute approximate surface area is 101 Å². The van der Waals surface area contributed by atoms with Crippen LogP contribution in [-0.2, 0) is 10.0 Å². The van der Waals surface area contributed by atoms with Crippen LogP contribution in [0.15, 0.2) is 53.4 Å². The Bertz CT molecular complexity index is 634. The first-order valence-corrected chi connectivity index (χ1v) is 6.72. The third kappa shape index (κ3) is 2.38. The summed E-state index contributed by atoms with van der Waals surface area (Å²) in [5.74, 6) is 0. The Morgan fingerprint density at radius 3 is 2.18 bits per heavy atom. The molecule has 0 aromatic heterocycles. The highest BCUT2D eigenvalue weighted by atomic mass is 32.2. The van der Waals surface area contributed by atoms with Gasteiger partial charge >= 0.3 is 0 Å². The molecule has 0 aliphatic carbocycles. The van der Waals surface area contributed by atoms with Gasteiger partial charge in [-0.25, -0.2) is 13.6 Å². The van der Waals surface area contributed by atoms with Gasteiger partial charge in [-0.15, -0.1) is 0 Å². The van der Waals surface area contributed by atoms with Crippen LogP contribution in [0.2, 0.25) is 0 Å². The van der Waals surface area contributed by atoms with Gasteiger partial charge in [0, 0.05) is 5.56 Å². The second kappa shape index (κ2) is 4.31. The molecule has 0 bridgehead atoms. The molecule has 2 N–H and O–H groups in total. The van der Waals surface area contributed by atoms with Crippen LogP contribution in [0.25, 0.3) is 11.1 Å². The second-order valence-electron chi connectivity index (χ2n) is 3.86. The highest BCUT2D eigenvalue weighted by molar-refractivity contribution is 7.89. The van der Waals surface area contributed by atoms with E-state index in [2.05, 4.69) is 0 Å². The summed E-state index contributed by atoms with van der Waals surface area (Å²) in [5, 5.41) is 5.27. The van der Waals surface area contributed by atoms with Crippen LogP contribution in [0.3, 0.4) is 0 Å². The van der Waals surface area contributed by atoms with Gasteiger partial charge in [-0.05, 0) is 18.1 Å². The van der Waals surface area contributed by atoms with Gasteiger partial charge in [0.25, 0.3) is 0 Å². The Kier molecular flexibility index (Phi) is 3.00. The van der Waals surface area contributed by atoms with Crippen LogP contribution >= 0.6 is 0 Å². The first kappa shape index (κ1) is 11.8. The molecule has 0 aliphatic heterocycles. The molecule has 88 valence electrons. The number of hydrogen-bond donors (Lipinski definition) is 1. The van der Waals surface area contributed by atoms with E-state index in [1.165, 1.54) is 0 Å². The summed E-state index contributed by atoms with van der Waals surface area (Å²) < 4.78 is 23.3. The molecule has 0 atom stereocenters. The smallest absolute Gasteiger partial charge is 0.225 e. The molecule has 3 nitrogen and oxygen atoms in total. The zero-order chi connectivity index (χ0) is 12.5. The maximum atomic E-state index is 11.6. The lowest BCUT2D eigenvalue weighted by Crippen LogP contribution is -2.15. The Balaban J connectivity index is 2.76. The number of rotatable bonds is 2. The maximum absolute atomic E-state index is 11.6. The van der Waals surface area contributed by atoms with E-state index in [-0.39, 0.29) is 4.90 Å². The van der Waals surface area contributed by atoms with E-state index in [1.54, 1.807) is 19.1 Å². The number of aryl methyl sites for hydroxylation is 1. The molecule has 0 radical (unpaired) electrons. The number of benzene rings is 2. The highest BCUT2D eigenvalue weighted by Gasteiger charge is 2.17. The van der Waals surface area contributed by atoms with E-state index in [0.717, 1.165) is 5.56 Å². The second-order valence-corrected chi connectivity index (χ2v) is 5.36. The van der Waals surface area contributed by atoms with Crippen molar-refractivity contribution in [2.75, 3.05) is 0 Å². The largest absolute Gasteiger partial charge is 0.238 e. The topological polar surface area (TPSA) is 60.2 Å². The van der Waals surface area contributed by atoms with Gasteiger partial charge in [0.05, 0.1) is 4.90 Å². The summed E-state index contributed by atoms with van der Waals surface area (Å²) >= 11 is 0. The third-order valence-corrected chi connectivity index (χ3v) is 3.69. The molecular formula is C13H13NO2S. The fourth-order valence-corrected chi connectivity index (χ4v) is 2.88. The van der Waals surface area contributed by atoms with Gasteiger partial charge in [-0.2, -0.15) is 0 Å². The molecule has 0 saturated heterocycles. The van der Waals surface area contributed by atoms with E-state index in [4.69, 9.17) is 5.14 Å². The van der Waals surface area contributed by atoms with E-state index >= 15 is 0 Å². The quantitative estimate of drug-likeness (QED) is 0.885. The Morgan fingerprint density at radius 1 is 0.941 bits per heavy atom. The minimum atomic E-state index is -3.71. The molecule has 2 rings (SSSR count). The number of sulfonamides is 1. The van der Waals surface area contributed by atoms with E-state index in [9.17, 15) is 8.42 Å². The first-order valence-electron chi connectivity index (χ1n) is 5.18.